The minimum absolute atomic E-state index is 0.0724. The van der Waals surface area contributed by atoms with Gasteiger partial charge in [-0.15, -0.1) is 4.40 Å². The highest BCUT2D eigenvalue weighted by Crippen LogP contribution is 2.18. The molecule has 0 atom stereocenters. The summed E-state index contributed by atoms with van der Waals surface area (Å²) in [5.41, 5.74) is 1.89. The van der Waals surface area contributed by atoms with Crippen LogP contribution >= 0.6 is 0 Å². The fourth-order valence-corrected chi connectivity index (χ4v) is 2.77. The molecule has 5 nitrogen and oxygen atoms in total. The maximum Gasteiger partial charge on any atom is 0.284 e. The van der Waals surface area contributed by atoms with Crippen LogP contribution in [0.3, 0.4) is 0 Å². The molecule has 0 aliphatic heterocycles. The molecule has 0 aromatic heterocycles. The van der Waals surface area contributed by atoms with Crippen molar-refractivity contribution in [3.63, 3.8) is 0 Å². The van der Waals surface area contributed by atoms with Crippen LogP contribution in [0.2, 0.25) is 0 Å². The normalized spacial score (nSPS) is 13.0. The fraction of sp³-hybridized carbons (Fsp3) is 0.211. The van der Waals surface area contributed by atoms with Gasteiger partial charge in [0.25, 0.3) is 10.0 Å². The van der Waals surface area contributed by atoms with Crippen LogP contribution in [0.4, 0.5) is 0 Å². The predicted molar refractivity (Wildman–Crippen MR) is 103 cm³/mol. The molecule has 0 fully saturated rings. The second kappa shape index (κ2) is 9.03. The van der Waals surface area contributed by atoms with Gasteiger partial charge in [-0.25, -0.2) is 0 Å². The summed E-state index contributed by atoms with van der Waals surface area (Å²) in [5, 5.41) is 2.99. The highest BCUT2D eigenvalue weighted by atomic mass is 32.2. The van der Waals surface area contributed by atoms with Crippen LogP contribution in [0.15, 0.2) is 81.8 Å². The fourth-order valence-electron chi connectivity index (χ4n) is 1.74. The zero-order valence-corrected chi connectivity index (χ0v) is 15.9. The number of sulfonamides is 1. The lowest BCUT2D eigenvalue weighted by Crippen LogP contribution is -2.25. The van der Waals surface area contributed by atoms with Crippen molar-refractivity contribution in [3.05, 3.63) is 72.5 Å². The smallest absolute Gasteiger partial charge is 0.284 e. The van der Waals surface area contributed by atoms with Crippen LogP contribution in [0.25, 0.3) is 0 Å². The number of rotatable bonds is 7. The minimum Gasteiger partial charge on any atom is -0.497 e. The number of ether oxygens (including phenoxy) is 1. The number of hydrogen-bond acceptors (Lipinski definition) is 3. The van der Waals surface area contributed by atoms with Gasteiger partial charge in [0.2, 0.25) is 0 Å². The molecule has 0 unspecified atom stereocenters. The van der Waals surface area contributed by atoms with E-state index in [9.17, 15) is 8.42 Å². The molecule has 0 amide bonds. The topological polar surface area (TPSA) is 67.8 Å². The third-order valence-corrected chi connectivity index (χ3v) is 4.43. The van der Waals surface area contributed by atoms with Crippen molar-refractivity contribution in [3.8, 4) is 5.75 Å². The van der Waals surface area contributed by atoms with Crippen molar-refractivity contribution in [1.82, 2.24) is 5.32 Å². The average Bonchev–Trinajstić information content (AvgIpc) is 2.57. The van der Waals surface area contributed by atoms with Crippen molar-refractivity contribution in [2.24, 2.45) is 4.40 Å². The molecule has 25 heavy (non-hydrogen) atoms. The van der Waals surface area contributed by atoms with E-state index in [1.165, 1.54) is 19.2 Å². The molecular formula is C19H24N2O3S. The summed E-state index contributed by atoms with van der Waals surface area (Å²) >= 11 is 0. The molecule has 1 rings (SSSR count). The van der Waals surface area contributed by atoms with Gasteiger partial charge in [-0.2, -0.15) is 8.42 Å². The summed E-state index contributed by atoms with van der Waals surface area (Å²) in [6.07, 6.45) is 5.47. The number of nitrogens with one attached hydrogen (secondary N) is 1. The lowest BCUT2D eigenvalue weighted by molar-refractivity contribution is 0.414. The van der Waals surface area contributed by atoms with Crippen molar-refractivity contribution < 1.29 is 13.2 Å². The van der Waals surface area contributed by atoms with E-state index in [0.29, 0.717) is 17.0 Å². The first kappa shape index (κ1) is 20.4. The van der Waals surface area contributed by atoms with Gasteiger partial charge in [0, 0.05) is 5.70 Å². The summed E-state index contributed by atoms with van der Waals surface area (Å²) < 4.78 is 34.0. The van der Waals surface area contributed by atoms with Crippen LogP contribution in [0.5, 0.6) is 5.75 Å². The first-order valence-corrected chi connectivity index (χ1v) is 9.06. The van der Waals surface area contributed by atoms with E-state index in [4.69, 9.17) is 4.74 Å². The van der Waals surface area contributed by atoms with Gasteiger partial charge in [-0.3, -0.25) is 0 Å². The lowest BCUT2D eigenvalue weighted by atomic mass is 10.2. The Kier molecular flexibility index (Phi) is 7.39. The molecule has 1 N–H and O–H groups in total. The molecule has 0 radical (unpaired) electrons. The Hall–Kier alpha value is -2.60. The van der Waals surface area contributed by atoms with Crippen LogP contribution in [0.1, 0.15) is 20.8 Å². The van der Waals surface area contributed by atoms with Gasteiger partial charge in [0.05, 0.1) is 12.0 Å². The van der Waals surface area contributed by atoms with E-state index in [-0.39, 0.29) is 10.7 Å². The average molecular weight is 360 g/mol. The molecule has 1 aromatic rings. The molecule has 0 aliphatic rings. The van der Waals surface area contributed by atoms with E-state index < -0.39 is 10.0 Å². The van der Waals surface area contributed by atoms with Gasteiger partial charge in [0.1, 0.15) is 11.6 Å². The number of benzene rings is 1. The highest BCUT2D eigenvalue weighted by molar-refractivity contribution is 7.90. The summed E-state index contributed by atoms with van der Waals surface area (Å²) in [6.45, 7) is 13.1. The van der Waals surface area contributed by atoms with E-state index in [1.807, 2.05) is 26.0 Å². The lowest BCUT2D eigenvalue weighted by Gasteiger charge is -2.13. The third-order valence-electron chi connectivity index (χ3n) is 3.14. The number of hydrogen-bond donors (Lipinski definition) is 1. The Morgan fingerprint density at radius 3 is 2.20 bits per heavy atom. The summed E-state index contributed by atoms with van der Waals surface area (Å²) in [4.78, 5) is 0.0724. The van der Waals surface area contributed by atoms with Crippen LogP contribution in [-0.2, 0) is 10.0 Å². The molecular weight excluding hydrogens is 336 g/mol. The molecule has 0 heterocycles. The van der Waals surface area contributed by atoms with Crippen LogP contribution in [0, 0.1) is 0 Å². The Morgan fingerprint density at radius 1 is 1.16 bits per heavy atom. The summed E-state index contributed by atoms with van der Waals surface area (Å²) in [5.74, 6) is 0.731. The molecule has 0 saturated carbocycles. The zero-order chi connectivity index (χ0) is 19.0. The zero-order valence-electron chi connectivity index (χ0n) is 15.0. The maximum absolute atomic E-state index is 12.5. The van der Waals surface area contributed by atoms with Crippen molar-refractivity contribution in [1.29, 1.82) is 0 Å². The Bertz CT molecular complexity index is 830. The number of amidine groups is 1. The summed E-state index contributed by atoms with van der Waals surface area (Å²) in [7, 11) is -2.37. The van der Waals surface area contributed by atoms with E-state index >= 15 is 0 Å². The molecule has 0 bridgehead atoms. The SMILES string of the molecule is C=C(C)C(=NS(=O)(=O)c1ccc(OC)cc1)N/C(=C/C=C\C)C(=C)C. The van der Waals surface area contributed by atoms with E-state index in [1.54, 1.807) is 25.1 Å². The van der Waals surface area contributed by atoms with Gasteiger partial charge in [0.15, 0.2) is 0 Å². The first-order valence-electron chi connectivity index (χ1n) is 7.62. The van der Waals surface area contributed by atoms with E-state index in [2.05, 4.69) is 22.9 Å². The highest BCUT2D eigenvalue weighted by Gasteiger charge is 2.16. The number of allylic oxidation sites excluding steroid dienone is 4. The Balaban J connectivity index is 3.27. The minimum atomic E-state index is -3.89. The molecule has 6 heteroatoms. The van der Waals surface area contributed by atoms with Crippen LogP contribution < -0.4 is 10.1 Å². The predicted octanol–water partition coefficient (Wildman–Crippen LogP) is 3.98. The van der Waals surface area contributed by atoms with Gasteiger partial charge < -0.3 is 10.1 Å². The number of methoxy groups -OCH3 is 1. The van der Waals surface area contributed by atoms with Crippen LogP contribution in [-0.4, -0.2) is 21.4 Å². The van der Waals surface area contributed by atoms with Gasteiger partial charge >= 0.3 is 0 Å². The maximum atomic E-state index is 12.5. The monoisotopic (exact) mass is 360 g/mol. The molecule has 0 saturated heterocycles. The molecule has 0 spiro atoms. The van der Waals surface area contributed by atoms with Crippen molar-refractivity contribution >= 4 is 15.9 Å². The third kappa shape index (κ3) is 6.08. The largest absolute Gasteiger partial charge is 0.497 e. The van der Waals surface area contributed by atoms with Gasteiger partial charge in [-0.05, 0) is 62.3 Å². The van der Waals surface area contributed by atoms with Crippen molar-refractivity contribution in [2.45, 2.75) is 25.7 Å². The molecule has 134 valence electrons. The first-order chi connectivity index (χ1) is 11.7. The van der Waals surface area contributed by atoms with Gasteiger partial charge in [-0.1, -0.05) is 25.3 Å². The standard InChI is InChI=1S/C19H24N2O3S/c1-7-8-9-18(14(2)3)20-19(15(4)5)21-25(22,23)17-12-10-16(24-6)11-13-17/h7-13H,2,4H2,1,3,5-6H3,(H,20,21)/b8-7-,18-9+. The quantitative estimate of drug-likeness (QED) is 0.454. The number of nitrogens with zero attached hydrogens (tertiary/aromatic N) is 1. The summed E-state index contributed by atoms with van der Waals surface area (Å²) in [6, 6.07) is 6.04. The molecule has 0 aliphatic carbocycles. The van der Waals surface area contributed by atoms with E-state index in [0.717, 1.165) is 5.57 Å². The van der Waals surface area contributed by atoms with Crippen molar-refractivity contribution in [2.75, 3.05) is 7.11 Å². The second-order valence-electron chi connectivity index (χ2n) is 5.38. The Labute approximate surface area is 150 Å². The molecule has 1 aromatic carbocycles. The Morgan fingerprint density at radius 2 is 1.76 bits per heavy atom. The second-order valence-corrected chi connectivity index (χ2v) is 6.99.